The maximum absolute atomic E-state index is 12.1. The van der Waals surface area contributed by atoms with E-state index in [0.717, 1.165) is 6.42 Å². The molecule has 2 aromatic heterocycles. The van der Waals surface area contributed by atoms with Gasteiger partial charge in [0.25, 0.3) is 5.91 Å². The molecule has 0 atom stereocenters. The largest absolute Gasteiger partial charge is 0.385 e. The summed E-state index contributed by atoms with van der Waals surface area (Å²) in [6.07, 6.45) is 2.53. The molecule has 102 valence electrons. The topological polar surface area (TPSA) is 55.6 Å². The molecule has 0 bridgehead atoms. The second-order valence-corrected chi connectivity index (χ2v) is 4.66. The number of aryl methyl sites for hydroxylation is 1. The quantitative estimate of drug-likeness (QED) is 0.854. The van der Waals surface area contributed by atoms with Crippen molar-refractivity contribution in [3.8, 4) is 0 Å². The first kappa shape index (κ1) is 13.8. The van der Waals surface area contributed by atoms with E-state index in [1.165, 1.54) is 0 Å². The third-order valence-corrected chi connectivity index (χ3v) is 3.02. The molecule has 0 radical (unpaired) electrons. The van der Waals surface area contributed by atoms with Gasteiger partial charge in [0, 0.05) is 37.5 Å². The zero-order valence-electron chi connectivity index (χ0n) is 10.9. The lowest BCUT2D eigenvalue weighted by atomic mass is 10.3. The lowest BCUT2D eigenvalue weighted by Crippen LogP contribution is -2.27. The average Bonchev–Trinajstić information content (AvgIpc) is 2.69. The lowest BCUT2D eigenvalue weighted by Gasteiger charge is -2.05. The first-order valence-electron chi connectivity index (χ1n) is 6.05. The van der Waals surface area contributed by atoms with Gasteiger partial charge in [-0.2, -0.15) is 0 Å². The molecule has 0 unspecified atom stereocenters. The zero-order chi connectivity index (χ0) is 13.8. The summed E-state index contributed by atoms with van der Waals surface area (Å²) in [5, 5.41) is 3.46. The number of aromatic nitrogens is 2. The molecule has 6 heteroatoms. The maximum atomic E-state index is 12.1. The third-order valence-electron chi connectivity index (χ3n) is 2.79. The van der Waals surface area contributed by atoms with Crippen LogP contribution in [0.1, 0.15) is 22.6 Å². The molecule has 0 aliphatic rings. The van der Waals surface area contributed by atoms with Gasteiger partial charge in [-0.05, 0) is 19.4 Å². The van der Waals surface area contributed by atoms with E-state index >= 15 is 0 Å². The Morgan fingerprint density at radius 1 is 1.58 bits per heavy atom. The Labute approximate surface area is 116 Å². The number of imidazole rings is 1. The zero-order valence-corrected chi connectivity index (χ0v) is 11.7. The number of hydrogen-bond donors (Lipinski definition) is 1. The minimum atomic E-state index is -0.136. The number of ether oxygens (including phenoxy) is 1. The van der Waals surface area contributed by atoms with Gasteiger partial charge in [0.2, 0.25) is 0 Å². The molecule has 0 aliphatic carbocycles. The number of pyridine rings is 1. The smallest absolute Gasteiger partial charge is 0.270 e. The minimum absolute atomic E-state index is 0.136. The molecule has 0 saturated heterocycles. The normalized spacial score (nSPS) is 10.9. The Morgan fingerprint density at radius 2 is 2.37 bits per heavy atom. The van der Waals surface area contributed by atoms with Crippen molar-refractivity contribution in [3.05, 3.63) is 34.7 Å². The minimum Gasteiger partial charge on any atom is -0.385 e. The van der Waals surface area contributed by atoms with E-state index in [4.69, 9.17) is 16.3 Å². The van der Waals surface area contributed by atoms with Crippen LogP contribution in [0.5, 0.6) is 0 Å². The van der Waals surface area contributed by atoms with Crippen molar-refractivity contribution in [3.63, 3.8) is 0 Å². The van der Waals surface area contributed by atoms with Gasteiger partial charge in [-0.15, -0.1) is 0 Å². The Morgan fingerprint density at radius 3 is 3.11 bits per heavy atom. The number of amides is 1. The fourth-order valence-electron chi connectivity index (χ4n) is 1.91. The van der Waals surface area contributed by atoms with Gasteiger partial charge in [0.15, 0.2) is 0 Å². The summed E-state index contributed by atoms with van der Waals surface area (Å²) in [4.78, 5) is 16.5. The Hall–Kier alpha value is -1.59. The van der Waals surface area contributed by atoms with Crippen molar-refractivity contribution in [1.82, 2.24) is 14.7 Å². The number of halogens is 1. The molecule has 0 aromatic carbocycles. The number of nitrogens with zero attached hydrogens (tertiary/aromatic N) is 2. The number of fused-ring (bicyclic) bond motifs is 1. The second-order valence-electron chi connectivity index (χ2n) is 4.22. The van der Waals surface area contributed by atoms with E-state index < -0.39 is 0 Å². The van der Waals surface area contributed by atoms with Crippen molar-refractivity contribution in [2.75, 3.05) is 20.3 Å². The highest BCUT2D eigenvalue weighted by molar-refractivity contribution is 6.30. The first-order valence-corrected chi connectivity index (χ1v) is 6.42. The highest BCUT2D eigenvalue weighted by Gasteiger charge is 2.16. The molecular weight excluding hydrogens is 266 g/mol. The van der Waals surface area contributed by atoms with Crippen LogP contribution in [-0.4, -0.2) is 35.6 Å². The summed E-state index contributed by atoms with van der Waals surface area (Å²) in [5.74, 6) is -0.136. The number of hydrogen-bond acceptors (Lipinski definition) is 3. The van der Waals surface area contributed by atoms with Crippen molar-refractivity contribution in [1.29, 1.82) is 0 Å². The average molecular weight is 282 g/mol. The predicted molar refractivity (Wildman–Crippen MR) is 73.8 cm³/mol. The van der Waals surface area contributed by atoms with Crippen molar-refractivity contribution < 1.29 is 9.53 Å². The van der Waals surface area contributed by atoms with Gasteiger partial charge in [-0.25, -0.2) is 4.98 Å². The molecule has 2 rings (SSSR count). The van der Waals surface area contributed by atoms with E-state index in [-0.39, 0.29) is 5.91 Å². The van der Waals surface area contributed by atoms with Gasteiger partial charge in [0.05, 0.1) is 5.69 Å². The molecular formula is C13H16ClN3O2. The van der Waals surface area contributed by atoms with Crippen molar-refractivity contribution >= 4 is 23.2 Å². The molecule has 5 nitrogen and oxygen atoms in total. The van der Waals surface area contributed by atoms with E-state index in [2.05, 4.69) is 10.3 Å². The monoisotopic (exact) mass is 281 g/mol. The van der Waals surface area contributed by atoms with Crippen molar-refractivity contribution in [2.45, 2.75) is 13.3 Å². The van der Waals surface area contributed by atoms with Crippen LogP contribution in [-0.2, 0) is 4.74 Å². The number of carbonyl (C=O) groups is 1. The third kappa shape index (κ3) is 3.05. The molecule has 2 aromatic rings. The molecule has 1 amide bonds. The SMILES string of the molecule is COCCCNC(=O)c1c(C)nc2cc(Cl)ccn12. The van der Waals surface area contributed by atoms with Crippen molar-refractivity contribution in [2.24, 2.45) is 0 Å². The van der Waals surface area contributed by atoms with E-state index in [0.29, 0.717) is 35.2 Å². The van der Waals surface area contributed by atoms with Crippen LogP contribution < -0.4 is 5.32 Å². The highest BCUT2D eigenvalue weighted by atomic mass is 35.5. The fourth-order valence-corrected chi connectivity index (χ4v) is 2.07. The number of rotatable bonds is 5. The number of carbonyl (C=O) groups excluding carboxylic acids is 1. The Kier molecular flexibility index (Phi) is 4.39. The van der Waals surface area contributed by atoms with Crippen LogP contribution in [0.15, 0.2) is 18.3 Å². The molecule has 0 saturated carbocycles. The lowest BCUT2D eigenvalue weighted by molar-refractivity contribution is 0.0942. The molecule has 0 aliphatic heterocycles. The van der Waals surface area contributed by atoms with Gasteiger partial charge in [-0.3, -0.25) is 9.20 Å². The fraction of sp³-hybridized carbons (Fsp3) is 0.385. The molecule has 0 fully saturated rings. The van der Waals surface area contributed by atoms with Crippen LogP contribution >= 0.6 is 11.6 Å². The highest BCUT2D eigenvalue weighted by Crippen LogP contribution is 2.16. The predicted octanol–water partition coefficient (Wildman–Crippen LogP) is 2.06. The number of methoxy groups -OCH3 is 1. The molecule has 2 heterocycles. The van der Waals surface area contributed by atoms with Gasteiger partial charge >= 0.3 is 0 Å². The van der Waals surface area contributed by atoms with Crippen LogP contribution in [0.25, 0.3) is 5.65 Å². The summed E-state index contributed by atoms with van der Waals surface area (Å²) >= 11 is 5.91. The summed E-state index contributed by atoms with van der Waals surface area (Å²) in [6, 6.07) is 3.47. The summed E-state index contributed by atoms with van der Waals surface area (Å²) in [6.45, 7) is 3.01. The van der Waals surface area contributed by atoms with Gasteiger partial charge < -0.3 is 10.1 Å². The number of nitrogens with one attached hydrogen (secondary N) is 1. The van der Waals surface area contributed by atoms with E-state index in [1.807, 2.05) is 6.92 Å². The van der Waals surface area contributed by atoms with Gasteiger partial charge in [0.1, 0.15) is 11.3 Å². The van der Waals surface area contributed by atoms with E-state index in [1.54, 1.807) is 29.8 Å². The first-order chi connectivity index (χ1) is 9.13. The van der Waals surface area contributed by atoms with Crippen LogP contribution in [0.4, 0.5) is 0 Å². The Bertz CT molecular complexity index is 595. The van der Waals surface area contributed by atoms with E-state index in [9.17, 15) is 4.79 Å². The summed E-state index contributed by atoms with van der Waals surface area (Å²) in [5.41, 5.74) is 1.91. The maximum Gasteiger partial charge on any atom is 0.270 e. The van der Waals surface area contributed by atoms with Crippen LogP contribution in [0.3, 0.4) is 0 Å². The second kappa shape index (κ2) is 6.04. The van der Waals surface area contributed by atoms with Gasteiger partial charge in [-0.1, -0.05) is 11.6 Å². The molecule has 19 heavy (non-hydrogen) atoms. The van der Waals surface area contributed by atoms with Crippen LogP contribution in [0.2, 0.25) is 5.02 Å². The molecule has 1 N–H and O–H groups in total. The van der Waals surface area contributed by atoms with Crippen LogP contribution in [0, 0.1) is 6.92 Å². The standard InChI is InChI=1S/C13H16ClN3O2/c1-9-12(13(18)15-5-3-7-19-2)17-6-4-10(14)8-11(17)16-9/h4,6,8H,3,5,7H2,1-2H3,(H,15,18). The Balaban J connectivity index is 2.19. The summed E-state index contributed by atoms with van der Waals surface area (Å²) in [7, 11) is 1.64. The molecule has 0 spiro atoms. The summed E-state index contributed by atoms with van der Waals surface area (Å²) < 4.78 is 6.68.